The van der Waals surface area contributed by atoms with Crippen LogP contribution in [0.4, 0.5) is 5.69 Å². The summed E-state index contributed by atoms with van der Waals surface area (Å²) in [5.74, 6) is 0.245. The summed E-state index contributed by atoms with van der Waals surface area (Å²) < 4.78 is 5.22. The molecule has 5 heteroatoms. The van der Waals surface area contributed by atoms with Crippen LogP contribution in [0.15, 0.2) is 30.0 Å². The second-order valence-electron chi connectivity index (χ2n) is 4.65. The van der Waals surface area contributed by atoms with Crippen LogP contribution < -0.4 is 15.4 Å². The lowest BCUT2D eigenvalue weighted by atomic mass is 10.2. The van der Waals surface area contributed by atoms with Crippen molar-refractivity contribution < 1.29 is 9.53 Å². The first kappa shape index (κ1) is 15.6. The second-order valence-corrected chi connectivity index (χ2v) is 4.65. The number of aryl methyl sites for hydroxylation is 1. The van der Waals surface area contributed by atoms with Crippen LogP contribution in [0.25, 0.3) is 0 Å². The molecule has 0 saturated carbocycles. The molecule has 0 saturated heterocycles. The molecule has 1 aromatic carbocycles. The van der Waals surface area contributed by atoms with Crippen molar-refractivity contribution in [3.05, 3.63) is 35.5 Å². The quantitative estimate of drug-likeness (QED) is 0.638. The van der Waals surface area contributed by atoms with Gasteiger partial charge < -0.3 is 15.4 Å². The van der Waals surface area contributed by atoms with Crippen molar-refractivity contribution >= 4 is 11.6 Å². The number of carbonyl (C=O) groups excluding carboxylic acids is 1. The average molecular weight is 273 g/mol. The minimum Gasteiger partial charge on any atom is -0.495 e. The molecule has 0 aromatic heterocycles. The van der Waals surface area contributed by atoms with Gasteiger partial charge in [0.15, 0.2) is 0 Å². The van der Waals surface area contributed by atoms with E-state index in [1.807, 2.05) is 45.0 Å². The maximum Gasteiger partial charge on any atom is 0.263 e. The second kappa shape index (κ2) is 7.19. The first-order valence-corrected chi connectivity index (χ1v) is 6.30. The number of rotatable bonds is 5. The van der Waals surface area contributed by atoms with Crippen LogP contribution in [-0.4, -0.2) is 19.1 Å². The fourth-order valence-corrected chi connectivity index (χ4v) is 1.57. The summed E-state index contributed by atoms with van der Waals surface area (Å²) >= 11 is 0. The Balaban J connectivity index is 2.92. The number of methoxy groups -OCH3 is 1. The van der Waals surface area contributed by atoms with Gasteiger partial charge in [0.2, 0.25) is 0 Å². The Morgan fingerprint density at radius 1 is 1.45 bits per heavy atom. The van der Waals surface area contributed by atoms with Gasteiger partial charge >= 0.3 is 0 Å². The van der Waals surface area contributed by atoms with Crippen LogP contribution in [0.1, 0.15) is 19.4 Å². The van der Waals surface area contributed by atoms with Gasteiger partial charge in [0.25, 0.3) is 5.91 Å². The van der Waals surface area contributed by atoms with Crippen molar-refractivity contribution in [1.29, 1.82) is 5.26 Å². The number of hydrogen-bond acceptors (Lipinski definition) is 4. The standard InChI is InChI=1S/C15H19N3O2/c1-10(2)18-15(19)12(8-16)9-17-13-7-11(3)5-6-14(13)20-4/h5-7,9-10,17H,1-4H3,(H,18,19)/b12-9-. The van der Waals surface area contributed by atoms with Crippen molar-refractivity contribution in [2.75, 3.05) is 12.4 Å². The monoisotopic (exact) mass is 273 g/mol. The Hall–Kier alpha value is -2.48. The Labute approximate surface area is 119 Å². The lowest BCUT2D eigenvalue weighted by molar-refractivity contribution is -0.117. The highest BCUT2D eigenvalue weighted by Crippen LogP contribution is 2.25. The van der Waals surface area contributed by atoms with E-state index in [1.165, 1.54) is 6.20 Å². The molecule has 20 heavy (non-hydrogen) atoms. The minimum absolute atomic E-state index is 0.0160. The number of benzene rings is 1. The minimum atomic E-state index is -0.401. The summed E-state index contributed by atoms with van der Waals surface area (Å²) in [5, 5.41) is 14.6. The summed E-state index contributed by atoms with van der Waals surface area (Å²) in [6, 6.07) is 7.48. The van der Waals surface area contributed by atoms with E-state index in [1.54, 1.807) is 7.11 Å². The van der Waals surface area contributed by atoms with E-state index >= 15 is 0 Å². The number of anilines is 1. The van der Waals surface area contributed by atoms with Crippen LogP contribution >= 0.6 is 0 Å². The molecule has 5 nitrogen and oxygen atoms in total. The summed E-state index contributed by atoms with van der Waals surface area (Å²) in [6.45, 7) is 5.62. The van der Waals surface area contributed by atoms with E-state index in [0.29, 0.717) is 11.4 Å². The molecule has 1 amide bonds. The zero-order valence-corrected chi connectivity index (χ0v) is 12.2. The van der Waals surface area contributed by atoms with Gasteiger partial charge in [0.05, 0.1) is 12.8 Å². The molecular weight excluding hydrogens is 254 g/mol. The lowest BCUT2D eigenvalue weighted by Gasteiger charge is -2.10. The number of carbonyl (C=O) groups is 1. The predicted octanol–water partition coefficient (Wildman–Crippen LogP) is 2.35. The molecule has 1 rings (SSSR count). The zero-order valence-electron chi connectivity index (χ0n) is 12.2. The van der Waals surface area contributed by atoms with E-state index in [4.69, 9.17) is 10.00 Å². The Morgan fingerprint density at radius 3 is 2.70 bits per heavy atom. The summed E-state index contributed by atoms with van der Waals surface area (Å²) in [6.07, 6.45) is 1.38. The average Bonchev–Trinajstić information content (AvgIpc) is 2.38. The van der Waals surface area contributed by atoms with E-state index < -0.39 is 5.91 Å². The Morgan fingerprint density at radius 2 is 2.15 bits per heavy atom. The molecule has 0 aliphatic carbocycles. The van der Waals surface area contributed by atoms with Gasteiger partial charge in [-0.25, -0.2) is 0 Å². The fraction of sp³-hybridized carbons (Fsp3) is 0.333. The largest absolute Gasteiger partial charge is 0.495 e. The molecule has 1 aromatic rings. The number of nitrogens with zero attached hydrogens (tertiary/aromatic N) is 1. The summed E-state index contributed by atoms with van der Waals surface area (Å²) in [7, 11) is 1.57. The number of nitrogens with one attached hydrogen (secondary N) is 2. The lowest BCUT2D eigenvalue weighted by Crippen LogP contribution is -2.31. The van der Waals surface area contributed by atoms with Crippen LogP contribution in [0.5, 0.6) is 5.75 Å². The predicted molar refractivity (Wildman–Crippen MR) is 78.3 cm³/mol. The maximum atomic E-state index is 11.8. The molecule has 0 aliphatic heterocycles. The van der Waals surface area contributed by atoms with Gasteiger partial charge in [0, 0.05) is 12.2 Å². The first-order valence-electron chi connectivity index (χ1n) is 6.30. The van der Waals surface area contributed by atoms with Crippen molar-refractivity contribution in [2.24, 2.45) is 0 Å². The Kier molecular flexibility index (Phi) is 5.60. The molecule has 0 aliphatic rings. The number of nitriles is 1. The third-order valence-corrected chi connectivity index (χ3v) is 2.51. The molecule has 0 unspecified atom stereocenters. The molecule has 0 bridgehead atoms. The van der Waals surface area contributed by atoms with Gasteiger partial charge in [-0.2, -0.15) is 5.26 Å². The van der Waals surface area contributed by atoms with E-state index in [-0.39, 0.29) is 11.6 Å². The van der Waals surface area contributed by atoms with E-state index in [9.17, 15) is 4.79 Å². The highest BCUT2D eigenvalue weighted by Gasteiger charge is 2.10. The van der Waals surface area contributed by atoms with E-state index in [2.05, 4.69) is 10.6 Å². The molecule has 2 N–H and O–H groups in total. The maximum absolute atomic E-state index is 11.8. The van der Waals surface area contributed by atoms with Crippen LogP contribution in [0.3, 0.4) is 0 Å². The zero-order chi connectivity index (χ0) is 15.1. The van der Waals surface area contributed by atoms with Crippen LogP contribution in [-0.2, 0) is 4.79 Å². The summed E-state index contributed by atoms with van der Waals surface area (Å²) in [5.41, 5.74) is 1.77. The molecule has 106 valence electrons. The number of hydrogen-bond donors (Lipinski definition) is 2. The highest BCUT2D eigenvalue weighted by molar-refractivity contribution is 5.97. The number of ether oxygens (including phenoxy) is 1. The summed E-state index contributed by atoms with van der Waals surface area (Å²) in [4.78, 5) is 11.8. The van der Waals surface area contributed by atoms with Gasteiger partial charge in [0.1, 0.15) is 17.4 Å². The highest BCUT2D eigenvalue weighted by atomic mass is 16.5. The van der Waals surface area contributed by atoms with Gasteiger partial charge in [-0.1, -0.05) is 6.07 Å². The van der Waals surface area contributed by atoms with Crippen molar-refractivity contribution in [3.63, 3.8) is 0 Å². The Bertz CT molecular complexity index is 557. The normalized spacial score (nSPS) is 10.9. The van der Waals surface area contributed by atoms with Crippen LogP contribution in [0, 0.1) is 18.3 Å². The molecule has 0 heterocycles. The van der Waals surface area contributed by atoms with E-state index in [0.717, 1.165) is 5.56 Å². The third-order valence-electron chi connectivity index (χ3n) is 2.51. The van der Waals surface area contributed by atoms with Crippen molar-refractivity contribution in [2.45, 2.75) is 26.8 Å². The van der Waals surface area contributed by atoms with Crippen LogP contribution in [0.2, 0.25) is 0 Å². The van der Waals surface area contributed by atoms with Crippen molar-refractivity contribution in [3.8, 4) is 11.8 Å². The molecule has 0 radical (unpaired) electrons. The van der Waals surface area contributed by atoms with Gasteiger partial charge in [-0.3, -0.25) is 4.79 Å². The van der Waals surface area contributed by atoms with Gasteiger partial charge in [-0.05, 0) is 38.5 Å². The van der Waals surface area contributed by atoms with Crippen molar-refractivity contribution in [1.82, 2.24) is 5.32 Å². The topological polar surface area (TPSA) is 74.1 Å². The molecule has 0 atom stereocenters. The number of amides is 1. The third kappa shape index (κ3) is 4.32. The SMILES string of the molecule is COc1ccc(C)cc1N/C=C(/C#N)C(=O)NC(C)C. The molecule has 0 fully saturated rings. The first-order chi connectivity index (χ1) is 9.47. The van der Waals surface area contributed by atoms with Gasteiger partial charge in [-0.15, -0.1) is 0 Å². The molecule has 0 spiro atoms. The fourth-order valence-electron chi connectivity index (χ4n) is 1.57. The molecular formula is C15H19N3O2. The smallest absolute Gasteiger partial charge is 0.263 e.